The molecule has 5 heteroatoms. The summed E-state index contributed by atoms with van der Waals surface area (Å²) in [5.74, 6) is 0.508. The van der Waals surface area contributed by atoms with Crippen molar-refractivity contribution in [3.8, 4) is 11.3 Å². The lowest BCUT2D eigenvalue weighted by molar-refractivity contribution is -0.132. The molecule has 1 heterocycles. The third-order valence-corrected chi connectivity index (χ3v) is 4.03. The number of carbonyl (C=O) groups is 1. The van der Waals surface area contributed by atoms with E-state index in [9.17, 15) is 4.79 Å². The van der Waals surface area contributed by atoms with Gasteiger partial charge < -0.3 is 15.0 Å². The fourth-order valence-corrected chi connectivity index (χ4v) is 2.70. The number of carbonyl (C=O) groups excluding carboxylic acids is 1. The topological polar surface area (TPSA) is 67.0 Å². The van der Waals surface area contributed by atoms with Gasteiger partial charge in [-0.25, -0.2) is 4.98 Å². The van der Waals surface area contributed by atoms with Crippen LogP contribution in [-0.2, 0) is 9.53 Å². The number of methoxy groups -OCH3 is 1. The number of aromatic nitrogens is 2. The third-order valence-electron chi connectivity index (χ3n) is 4.03. The second-order valence-corrected chi connectivity index (χ2v) is 5.80. The van der Waals surface area contributed by atoms with Gasteiger partial charge in [-0.3, -0.25) is 4.79 Å². The van der Waals surface area contributed by atoms with Gasteiger partial charge in [-0.05, 0) is 18.1 Å². The van der Waals surface area contributed by atoms with Crippen molar-refractivity contribution in [2.24, 2.45) is 0 Å². The summed E-state index contributed by atoms with van der Waals surface area (Å²) in [6, 6.07) is 19.1. The van der Waals surface area contributed by atoms with Crippen molar-refractivity contribution in [3.05, 3.63) is 78.2 Å². The van der Waals surface area contributed by atoms with E-state index in [2.05, 4.69) is 15.3 Å². The highest BCUT2D eigenvalue weighted by molar-refractivity contribution is 5.82. The summed E-state index contributed by atoms with van der Waals surface area (Å²) in [4.78, 5) is 20.2. The van der Waals surface area contributed by atoms with Crippen LogP contribution in [0.15, 0.2) is 66.9 Å². The van der Waals surface area contributed by atoms with E-state index in [0.29, 0.717) is 5.82 Å². The first kappa shape index (κ1) is 16.9. The molecule has 0 saturated heterocycles. The van der Waals surface area contributed by atoms with Crippen molar-refractivity contribution in [2.75, 3.05) is 7.11 Å². The number of ether oxygens (including phenoxy) is 1. The standard InChI is InChI=1S/C20H21N3O2/c1-14(19-21-13-17(23-19)15-9-5-3-6-10-15)22-20(24)18(25-2)16-11-7-4-8-12-16/h3-14,18H,1-2H3,(H,21,23)(H,22,24)/t14-,18-/m1/s1. The number of hydrogen-bond acceptors (Lipinski definition) is 3. The lowest BCUT2D eigenvalue weighted by Crippen LogP contribution is -2.33. The minimum atomic E-state index is -0.646. The van der Waals surface area contributed by atoms with Crippen molar-refractivity contribution < 1.29 is 9.53 Å². The smallest absolute Gasteiger partial charge is 0.254 e. The van der Waals surface area contributed by atoms with Crippen LogP contribution in [0.25, 0.3) is 11.3 Å². The summed E-state index contributed by atoms with van der Waals surface area (Å²) in [7, 11) is 1.53. The van der Waals surface area contributed by atoms with Crippen LogP contribution in [0.4, 0.5) is 0 Å². The molecular weight excluding hydrogens is 314 g/mol. The normalized spacial score (nSPS) is 13.2. The van der Waals surface area contributed by atoms with Gasteiger partial charge in [-0.2, -0.15) is 0 Å². The van der Waals surface area contributed by atoms with E-state index in [1.54, 1.807) is 6.20 Å². The quantitative estimate of drug-likeness (QED) is 0.723. The third kappa shape index (κ3) is 3.95. The number of nitrogens with zero attached hydrogens (tertiary/aromatic N) is 1. The molecule has 0 saturated carbocycles. The van der Waals surface area contributed by atoms with Crippen LogP contribution in [0.3, 0.4) is 0 Å². The zero-order valence-corrected chi connectivity index (χ0v) is 14.3. The molecule has 1 aromatic heterocycles. The number of nitrogens with one attached hydrogen (secondary N) is 2. The molecular formula is C20H21N3O2. The van der Waals surface area contributed by atoms with Crippen LogP contribution < -0.4 is 5.32 Å². The summed E-state index contributed by atoms with van der Waals surface area (Å²) < 4.78 is 5.37. The predicted molar refractivity (Wildman–Crippen MR) is 96.8 cm³/mol. The lowest BCUT2D eigenvalue weighted by Gasteiger charge is -2.18. The van der Waals surface area contributed by atoms with Gasteiger partial charge in [0.25, 0.3) is 5.91 Å². The monoisotopic (exact) mass is 335 g/mol. The second-order valence-electron chi connectivity index (χ2n) is 5.80. The summed E-state index contributed by atoms with van der Waals surface area (Å²) in [6.45, 7) is 1.89. The largest absolute Gasteiger partial charge is 0.367 e. The van der Waals surface area contributed by atoms with Crippen LogP contribution in [0, 0.1) is 0 Å². The maximum atomic E-state index is 12.6. The summed E-state index contributed by atoms with van der Waals surface area (Å²) >= 11 is 0. The molecule has 5 nitrogen and oxygen atoms in total. The second kappa shape index (κ2) is 7.77. The van der Waals surface area contributed by atoms with Gasteiger partial charge in [-0.1, -0.05) is 60.7 Å². The Labute approximate surface area is 147 Å². The van der Waals surface area contributed by atoms with Gasteiger partial charge in [0.2, 0.25) is 0 Å². The molecule has 0 fully saturated rings. The van der Waals surface area contributed by atoms with Crippen molar-refractivity contribution in [1.29, 1.82) is 0 Å². The summed E-state index contributed by atoms with van der Waals surface area (Å²) in [6.07, 6.45) is 1.13. The first-order valence-electron chi connectivity index (χ1n) is 8.17. The Morgan fingerprint density at radius 1 is 1.08 bits per heavy atom. The molecule has 0 radical (unpaired) electrons. The summed E-state index contributed by atoms with van der Waals surface area (Å²) in [5.41, 5.74) is 2.79. The molecule has 2 N–H and O–H groups in total. The van der Waals surface area contributed by atoms with Gasteiger partial charge in [0.1, 0.15) is 5.82 Å². The minimum absolute atomic E-state index is 0.195. The zero-order valence-electron chi connectivity index (χ0n) is 14.3. The summed E-state index contributed by atoms with van der Waals surface area (Å²) in [5, 5.41) is 2.95. The average molecular weight is 335 g/mol. The highest BCUT2D eigenvalue weighted by Gasteiger charge is 2.22. The number of imidazole rings is 1. The first-order valence-corrected chi connectivity index (χ1v) is 8.17. The SMILES string of the molecule is CO[C@@H](C(=O)N[C@H](C)c1ncc(-c2ccccc2)[nH]1)c1ccccc1. The van der Waals surface area contributed by atoms with Crippen molar-refractivity contribution in [1.82, 2.24) is 15.3 Å². The van der Waals surface area contributed by atoms with Gasteiger partial charge in [0, 0.05) is 7.11 Å². The van der Waals surface area contributed by atoms with E-state index in [1.165, 1.54) is 7.11 Å². The van der Waals surface area contributed by atoms with E-state index in [-0.39, 0.29) is 11.9 Å². The highest BCUT2D eigenvalue weighted by atomic mass is 16.5. The lowest BCUT2D eigenvalue weighted by atomic mass is 10.1. The van der Waals surface area contributed by atoms with Crippen LogP contribution in [0.5, 0.6) is 0 Å². The predicted octanol–water partition coefficient (Wildman–Crippen LogP) is 3.64. The minimum Gasteiger partial charge on any atom is -0.367 e. The van der Waals surface area contributed by atoms with Crippen molar-refractivity contribution in [3.63, 3.8) is 0 Å². The molecule has 0 unspecified atom stereocenters. The van der Waals surface area contributed by atoms with Crippen LogP contribution >= 0.6 is 0 Å². The number of amides is 1. The molecule has 0 aliphatic heterocycles. The Bertz CT molecular complexity index is 815. The van der Waals surface area contributed by atoms with Gasteiger partial charge in [0.15, 0.2) is 6.10 Å². The van der Waals surface area contributed by atoms with Gasteiger partial charge in [-0.15, -0.1) is 0 Å². The molecule has 0 spiro atoms. The number of rotatable bonds is 6. The maximum Gasteiger partial charge on any atom is 0.254 e. The van der Waals surface area contributed by atoms with Crippen LogP contribution in [0.2, 0.25) is 0 Å². The van der Waals surface area contributed by atoms with Crippen molar-refractivity contribution >= 4 is 5.91 Å². The molecule has 128 valence electrons. The number of benzene rings is 2. The zero-order chi connectivity index (χ0) is 17.6. The molecule has 3 aromatic rings. The number of aromatic amines is 1. The Balaban J connectivity index is 1.70. The Morgan fingerprint density at radius 2 is 1.72 bits per heavy atom. The molecule has 25 heavy (non-hydrogen) atoms. The maximum absolute atomic E-state index is 12.6. The molecule has 0 bridgehead atoms. The first-order chi connectivity index (χ1) is 12.2. The van der Waals surface area contributed by atoms with Gasteiger partial charge in [0.05, 0.1) is 17.9 Å². The Morgan fingerprint density at radius 3 is 2.36 bits per heavy atom. The molecule has 3 rings (SSSR count). The molecule has 1 amide bonds. The van der Waals surface area contributed by atoms with Crippen molar-refractivity contribution in [2.45, 2.75) is 19.1 Å². The van der Waals surface area contributed by atoms with E-state index in [1.807, 2.05) is 67.6 Å². The molecule has 2 aromatic carbocycles. The fraction of sp³-hybridized carbons (Fsp3) is 0.200. The fourth-order valence-electron chi connectivity index (χ4n) is 2.70. The highest BCUT2D eigenvalue weighted by Crippen LogP contribution is 2.21. The van der Waals surface area contributed by atoms with E-state index in [4.69, 9.17) is 4.74 Å². The number of hydrogen-bond donors (Lipinski definition) is 2. The van der Waals surface area contributed by atoms with Gasteiger partial charge >= 0.3 is 0 Å². The van der Waals surface area contributed by atoms with E-state index < -0.39 is 6.10 Å². The molecule has 2 atom stereocenters. The van der Waals surface area contributed by atoms with E-state index >= 15 is 0 Å². The number of H-pyrrole nitrogens is 1. The molecule has 0 aliphatic rings. The molecule has 0 aliphatic carbocycles. The average Bonchev–Trinajstić information content (AvgIpc) is 3.14. The Kier molecular flexibility index (Phi) is 5.26. The Hall–Kier alpha value is -2.92. The van der Waals surface area contributed by atoms with Crippen LogP contribution in [-0.4, -0.2) is 23.0 Å². The van der Waals surface area contributed by atoms with E-state index in [0.717, 1.165) is 16.8 Å². The van der Waals surface area contributed by atoms with Crippen LogP contribution in [0.1, 0.15) is 30.5 Å².